The van der Waals surface area contributed by atoms with Crippen LogP contribution in [0.4, 0.5) is 34.1 Å². The lowest BCUT2D eigenvalue weighted by Gasteiger charge is -2.26. The van der Waals surface area contributed by atoms with Crippen molar-refractivity contribution in [2.24, 2.45) is 0 Å². The minimum absolute atomic E-state index is 1.10. The second kappa shape index (κ2) is 20.2. The highest BCUT2D eigenvalue weighted by atomic mass is 15.1. The third kappa shape index (κ3) is 9.90. The molecular weight excluding hydrogens is 869 g/mol. The Hall–Kier alpha value is -8.98. The molecule has 72 heavy (non-hydrogen) atoms. The number of anilines is 6. The zero-order valence-electron chi connectivity index (χ0n) is 41.3. The van der Waals surface area contributed by atoms with E-state index in [2.05, 4.69) is 304 Å². The molecule has 11 rings (SSSR count). The molecule has 0 atom stereocenters. The van der Waals surface area contributed by atoms with Crippen LogP contribution in [-0.4, -0.2) is 0 Å². The van der Waals surface area contributed by atoms with Gasteiger partial charge in [-0.1, -0.05) is 216 Å². The molecule has 0 fully saturated rings. The third-order valence-corrected chi connectivity index (χ3v) is 13.8. The largest absolute Gasteiger partial charge is 0.311 e. The predicted octanol–water partition coefficient (Wildman–Crippen LogP) is 19.9. The van der Waals surface area contributed by atoms with Crippen LogP contribution >= 0.6 is 0 Å². The van der Waals surface area contributed by atoms with Gasteiger partial charge in [-0.3, -0.25) is 0 Å². The van der Waals surface area contributed by atoms with E-state index in [0.29, 0.717) is 0 Å². The number of aryl methyl sites for hydroxylation is 4. The van der Waals surface area contributed by atoms with Gasteiger partial charge in [0, 0.05) is 34.1 Å². The molecule has 11 aromatic rings. The first-order chi connectivity index (χ1) is 35.3. The Balaban J connectivity index is 0.852. The minimum atomic E-state index is 1.10. The first-order valence-electron chi connectivity index (χ1n) is 24.9. The molecule has 2 heteroatoms. The standard InChI is InChI=1S/C70H56N2/c1-49-5-13-53(14-6-49)59-25-37-65(38-26-59)71(66-39-27-60(28-40-66)54-15-7-50(2)8-16-54)69-45-33-63(34-46-69)57-21-23-58(24-22-57)64-35-47-70(48-36-64)72(67-41-29-61(30-42-67)55-17-9-51(3)10-18-55)68-43-31-62(32-44-68)56-19-11-52(4)12-20-56/h5-48H,1-4H3. The van der Waals surface area contributed by atoms with Gasteiger partial charge in [0.05, 0.1) is 0 Å². The molecule has 0 heterocycles. The van der Waals surface area contributed by atoms with Crippen LogP contribution in [0.5, 0.6) is 0 Å². The van der Waals surface area contributed by atoms with E-state index < -0.39 is 0 Å². The molecule has 0 N–H and O–H groups in total. The maximum atomic E-state index is 2.34. The van der Waals surface area contributed by atoms with Crippen molar-refractivity contribution in [1.29, 1.82) is 0 Å². The zero-order valence-corrected chi connectivity index (χ0v) is 41.3. The molecule has 0 aliphatic rings. The first-order valence-corrected chi connectivity index (χ1v) is 24.9. The lowest BCUT2D eigenvalue weighted by Crippen LogP contribution is -2.09. The van der Waals surface area contributed by atoms with Gasteiger partial charge < -0.3 is 9.80 Å². The van der Waals surface area contributed by atoms with Gasteiger partial charge in [-0.25, -0.2) is 0 Å². The van der Waals surface area contributed by atoms with E-state index in [1.54, 1.807) is 0 Å². The Kier molecular flexibility index (Phi) is 12.7. The fraction of sp³-hybridized carbons (Fsp3) is 0.0571. The summed E-state index contributed by atoms with van der Waals surface area (Å²) in [5.74, 6) is 0. The molecule has 0 unspecified atom stereocenters. The van der Waals surface area contributed by atoms with Crippen molar-refractivity contribution in [2.45, 2.75) is 27.7 Å². The van der Waals surface area contributed by atoms with Gasteiger partial charge >= 0.3 is 0 Å². The van der Waals surface area contributed by atoms with Gasteiger partial charge in [0.25, 0.3) is 0 Å². The number of nitrogens with zero attached hydrogens (tertiary/aromatic N) is 2. The van der Waals surface area contributed by atoms with Crippen LogP contribution in [0.3, 0.4) is 0 Å². The van der Waals surface area contributed by atoms with Crippen molar-refractivity contribution in [1.82, 2.24) is 0 Å². The van der Waals surface area contributed by atoms with Crippen molar-refractivity contribution in [2.75, 3.05) is 9.80 Å². The molecule has 0 radical (unpaired) electrons. The second-order valence-corrected chi connectivity index (χ2v) is 19.0. The van der Waals surface area contributed by atoms with Gasteiger partial charge in [0.15, 0.2) is 0 Å². The monoisotopic (exact) mass is 924 g/mol. The van der Waals surface area contributed by atoms with Gasteiger partial charge in [-0.05, 0) is 167 Å². The van der Waals surface area contributed by atoms with Crippen LogP contribution in [0.15, 0.2) is 267 Å². The van der Waals surface area contributed by atoms with Crippen molar-refractivity contribution in [3.05, 3.63) is 289 Å². The summed E-state index contributed by atoms with van der Waals surface area (Å²) in [6.07, 6.45) is 0. The first kappa shape index (κ1) is 45.5. The Morgan fingerprint density at radius 1 is 0.139 bits per heavy atom. The average Bonchev–Trinajstić information content (AvgIpc) is 3.43. The van der Waals surface area contributed by atoms with Crippen LogP contribution in [-0.2, 0) is 0 Å². The summed E-state index contributed by atoms with van der Waals surface area (Å²) in [4.78, 5) is 4.69. The van der Waals surface area contributed by atoms with Crippen LogP contribution in [0, 0.1) is 27.7 Å². The third-order valence-electron chi connectivity index (χ3n) is 13.8. The van der Waals surface area contributed by atoms with Crippen molar-refractivity contribution < 1.29 is 0 Å². The number of benzene rings is 11. The van der Waals surface area contributed by atoms with Gasteiger partial charge in [-0.2, -0.15) is 0 Å². The summed E-state index contributed by atoms with van der Waals surface area (Å²) in [7, 11) is 0. The highest BCUT2D eigenvalue weighted by molar-refractivity contribution is 5.84. The summed E-state index contributed by atoms with van der Waals surface area (Å²) >= 11 is 0. The molecule has 0 aliphatic carbocycles. The molecule has 2 nitrogen and oxygen atoms in total. The van der Waals surface area contributed by atoms with E-state index >= 15 is 0 Å². The van der Waals surface area contributed by atoms with Crippen LogP contribution in [0.2, 0.25) is 0 Å². The summed E-state index contributed by atoms with van der Waals surface area (Å²) in [6.45, 7) is 8.52. The molecule has 11 aromatic carbocycles. The lowest BCUT2D eigenvalue weighted by molar-refractivity contribution is 1.28. The van der Waals surface area contributed by atoms with Crippen LogP contribution < -0.4 is 9.80 Å². The maximum absolute atomic E-state index is 2.34. The number of rotatable bonds is 12. The molecule has 0 saturated heterocycles. The molecule has 0 aromatic heterocycles. The average molecular weight is 925 g/mol. The lowest BCUT2D eigenvalue weighted by atomic mass is 9.99. The zero-order chi connectivity index (χ0) is 49.0. The normalized spacial score (nSPS) is 11.1. The smallest absolute Gasteiger partial charge is 0.0462 e. The Labute approximate surface area is 425 Å². The SMILES string of the molecule is Cc1ccc(-c2ccc(N(c3ccc(-c4ccc(C)cc4)cc3)c3ccc(-c4ccc(-c5ccc(N(c6ccc(-c7ccc(C)cc7)cc6)c6ccc(-c7ccc(C)cc7)cc6)cc5)cc4)cc3)cc2)cc1. The fourth-order valence-electron chi connectivity index (χ4n) is 9.55. The minimum Gasteiger partial charge on any atom is -0.311 e. The van der Waals surface area contributed by atoms with E-state index in [-0.39, 0.29) is 0 Å². The quantitative estimate of drug-likeness (QED) is 0.120. The topological polar surface area (TPSA) is 6.48 Å². The van der Waals surface area contributed by atoms with Crippen molar-refractivity contribution in [3.63, 3.8) is 0 Å². The van der Waals surface area contributed by atoms with Crippen LogP contribution in [0.1, 0.15) is 22.3 Å². The van der Waals surface area contributed by atoms with E-state index in [9.17, 15) is 0 Å². The van der Waals surface area contributed by atoms with E-state index in [0.717, 1.165) is 34.1 Å². The van der Waals surface area contributed by atoms with Gasteiger partial charge in [-0.15, -0.1) is 0 Å². The molecule has 0 amide bonds. The summed E-state index contributed by atoms with van der Waals surface area (Å²) < 4.78 is 0. The molecule has 346 valence electrons. The molecule has 0 saturated carbocycles. The van der Waals surface area contributed by atoms with E-state index in [1.807, 2.05) is 0 Å². The summed E-state index contributed by atoms with van der Waals surface area (Å²) in [5, 5.41) is 0. The Morgan fingerprint density at radius 2 is 0.236 bits per heavy atom. The predicted molar refractivity (Wildman–Crippen MR) is 307 cm³/mol. The molecular formula is C70H56N2. The van der Waals surface area contributed by atoms with Crippen LogP contribution in [0.25, 0.3) is 66.8 Å². The summed E-state index contributed by atoms with van der Waals surface area (Å²) in [5.41, 5.74) is 26.0. The maximum Gasteiger partial charge on any atom is 0.0462 e. The molecule has 0 bridgehead atoms. The van der Waals surface area contributed by atoms with Crippen molar-refractivity contribution in [3.8, 4) is 66.8 Å². The van der Waals surface area contributed by atoms with Gasteiger partial charge in [0.1, 0.15) is 0 Å². The Morgan fingerprint density at radius 3 is 0.361 bits per heavy atom. The van der Waals surface area contributed by atoms with E-state index in [1.165, 1.54) is 89.0 Å². The Bertz CT molecular complexity index is 3120. The fourth-order valence-corrected chi connectivity index (χ4v) is 9.55. The highest BCUT2D eigenvalue weighted by Crippen LogP contribution is 2.40. The highest BCUT2D eigenvalue weighted by Gasteiger charge is 2.16. The van der Waals surface area contributed by atoms with E-state index in [4.69, 9.17) is 0 Å². The number of hydrogen-bond acceptors (Lipinski definition) is 2. The second-order valence-electron chi connectivity index (χ2n) is 19.0. The molecule has 0 aliphatic heterocycles. The van der Waals surface area contributed by atoms with Crippen molar-refractivity contribution >= 4 is 34.1 Å². The van der Waals surface area contributed by atoms with Gasteiger partial charge in [0.2, 0.25) is 0 Å². The molecule has 0 spiro atoms. The number of hydrogen-bond donors (Lipinski definition) is 0. The summed E-state index contributed by atoms with van der Waals surface area (Å²) in [6, 6.07) is 97.5.